The van der Waals surface area contributed by atoms with Crippen LogP contribution in [0.2, 0.25) is 0 Å². The Hall–Kier alpha value is -1.95. The van der Waals surface area contributed by atoms with Gasteiger partial charge in [0.05, 0.1) is 5.52 Å². The van der Waals surface area contributed by atoms with Crippen LogP contribution in [-0.4, -0.2) is 32.5 Å². The molecule has 0 saturated carbocycles. The van der Waals surface area contributed by atoms with Crippen molar-refractivity contribution in [1.82, 2.24) is 20.4 Å². The largest absolute Gasteiger partial charge is 0.336 e. The fraction of sp³-hybridized carbons (Fsp3) is 0.200. The molecule has 0 aromatic carbocycles. The molecule has 1 amide bonds. The fourth-order valence-electron chi connectivity index (χ4n) is 1.25. The van der Waals surface area contributed by atoms with Gasteiger partial charge in [0.2, 0.25) is 0 Å². The van der Waals surface area contributed by atoms with Crippen molar-refractivity contribution in [1.29, 1.82) is 0 Å². The quantitative estimate of drug-likeness (QED) is 0.486. The van der Waals surface area contributed by atoms with Crippen LogP contribution in [0.3, 0.4) is 0 Å². The number of hydrogen-bond acceptors (Lipinski definition) is 4. The highest BCUT2D eigenvalue weighted by molar-refractivity contribution is 6.27. The third kappa shape index (κ3) is 2.59. The van der Waals surface area contributed by atoms with E-state index in [1.165, 1.54) is 0 Å². The van der Waals surface area contributed by atoms with Crippen LogP contribution in [-0.2, 0) is 4.79 Å². The lowest BCUT2D eigenvalue weighted by molar-refractivity contribution is -0.118. The standard InChI is InChI=1S/C10H10ClN5O/c1-6(15-16-8(17)5-11)9-13-7-3-2-4-12-10(7)14-9/h2-4H,5H2,1H3,(H,16,17)(H,12,13,14)/b15-6-. The summed E-state index contributed by atoms with van der Waals surface area (Å²) in [6, 6.07) is 3.68. The number of amides is 1. The number of carbonyl (C=O) groups excluding carboxylic acids is 1. The second kappa shape index (κ2) is 4.92. The molecule has 2 aromatic heterocycles. The zero-order valence-corrected chi connectivity index (χ0v) is 9.82. The maximum absolute atomic E-state index is 10.9. The molecule has 0 aliphatic carbocycles. The van der Waals surface area contributed by atoms with Crippen molar-refractivity contribution < 1.29 is 4.79 Å². The van der Waals surface area contributed by atoms with Gasteiger partial charge in [-0.3, -0.25) is 4.79 Å². The summed E-state index contributed by atoms with van der Waals surface area (Å²) >= 11 is 5.33. The maximum atomic E-state index is 10.9. The van der Waals surface area contributed by atoms with Crippen LogP contribution < -0.4 is 5.43 Å². The Morgan fingerprint density at radius 2 is 2.47 bits per heavy atom. The van der Waals surface area contributed by atoms with Gasteiger partial charge in [0, 0.05) is 6.20 Å². The highest BCUT2D eigenvalue weighted by Gasteiger charge is 2.06. The summed E-state index contributed by atoms with van der Waals surface area (Å²) in [5.74, 6) is 0.0761. The molecule has 88 valence electrons. The van der Waals surface area contributed by atoms with Gasteiger partial charge in [0.25, 0.3) is 5.91 Å². The van der Waals surface area contributed by atoms with Crippen molar-refractivity contribution in [3.05, 3.63) is 24.2 Å². The molecule has 0 atom stereocenters. The summed E-state index contributed by atoms with van der Waals surface area (Å²) < 4.78 is 0. The first-order valence-electron chi connectivity index (χ1n) is 4.91. The number of aromatic nitrogens is 3. The van der Waals surface area contributed by atoms with Gasteiger partial charge in [-0.25, -0.2) is 15.4 Å². The molecular formula is C10H10ClN5O. The summed E-state index contributed by atoms with van der Waals surface area (Å²) in [5.41, 5.74) is 4.30. The highest BCUT2D eigenvalue weighted by Crippen LogP contribution is 2.07. The van der Waals surface area contributed by atoms with E-state index in [-0.39, 0.29) is 11.8 Å². The first-order chi connectivity index (χ1) is 8.20. The molecule has 2 aromatic rings. The number of H-pyrrole nitrogens is 1. The van der Waals surface area contributed by atoms with E-state index in [4.69, 9.17) is 11.6 Å². The molecule has 0 saturated heterocycles. The maximum Gasteiger partial charge on any atom is 0.254 e. The zero-order valence-electron chi connectivity index (χ0n) is 9.07. The molecular weight excluding hydrogens is 242 g/mol. The van der Waals surface area contributed by atoms with Gasteiger partial charge in [0.15, 0.2) is 11.5 Å². The molecule has 0 spiro atoms. The van der Waals surface area contributed by atoms with Crippen LogP contribution in [0.25, 0.3) is 11.2 Å². The van der Waals surface area contributed by atoms with Crippen molar-refractivity contribution in [2.24, 2.45) is 5.10 Å². The van der Waals surface area contributed by atoms with Gasteiger partial charge in [-0.05, 0) is 19.1 Å². The summed E-state index contributed by atoms with van der Waals surface area (Å²) in [6.45, 7) is 1.73. The first kappa shape index (κ1) is 11.5. The number of fused-ring (bicyclic) bond motifs is 1. The summed E-state index contributed by atoms with van der Waals surface area (Å²) in [7, 11) is 0. The third-order valence-electron chi connectivity index (χ3n) is 2.07. The predicted octanol–water partition coefficient (Wildman–Crippen LogP) is 1.04. The number of halogens is 1. The number of rotatable bonds is 3. The third-order valence-corrected chi connectivity index (χ3v) is 2.31. The van der Waals surface area contributed by atoms with E-state index in [1.54, 1.807) is 13.1 Å². The molecule has 0 aliphatic heterocycles. The number of imidazole rings is 1. The van der Waals surface area contributed by atoms with E-state index in [0.717, 1.165) is 5.52 Å². The monoisotopic (exact) mass is 251 g/mol. The van der Waals surface area contributed by atoms with Gasteiger partial charge in [0.1, 0.15) is 11.6 Å². The molecule has 0 aliphatic rings. The molecule has 0 radical (unpaired) electrons. The molecule has 6 nitrogen and oxygen atoms in total. The van der Waals surface area contributed by atoms with Crippen molar-refractivity contribution in [3.8, 4) is 0 Å². The van der Waals surface area contributed by atoms with E-state index in [1.807, 2.05) is 12.1 Å². The van der Waals surface area contributed by atoms with E-state index >= 15 is 0 Å². The van der Waals surface area contributed by atoms with E-state index in [2.05, 4.69) is 25.5 Å². The van der Waals surface area contributed by atoms with Crippen molar-refractivity contribution in [3.63, 3.8) is 0 Å². The zero-order chi connectivity index (χ0) is 12.3. The number of pyridine rings is 1. The molecule has 17 heavy (non-hydrogen) atoms. The topological polar surface area (TPSA) is 83.0 Å². The summed E-state index contributed by atoms with van der Waals surface area (Å²) in [5, 5.41) is 3.87. The Kier molecular flexibility index (Phi) is 3.34. The number of nitrogens with one attached hydrogen (secondary N) is 2. The van der Waals surface area contributed by atoms with Gasteiger partial charge in [-0.1, -0.05) is 0 Å². The molecule has 7 heteroatoms. The molecule has 2 heterocycles. The van der Waals surface area contributed by atoms with Gasteiger partial charge >= 0.3 is 0 Å². The van der Waals surface area contributed by atoms with Crippen LogP contribution in [0.1, 0.15) is 12.7 Å². The number of carbonyl (C=O) groups is 1. The molecule has 0 unspecified atom stereocenters. The van der Waals surface area contributed by atoms with Gasteiger partial charge < -0.3 is 4.98 Å². The number of nitrogens with zero attached hydrogens (tertiary/aromatic N) is 3. The molecule has 2 rings (SSSR count). The average Bonchev–Trinajstić information content (AvgIpc) is 2.79. The minimum absolute atomic E-state index is 0.127. The smallest absolute Gasteiger partial charge is 0.254 e. The molecule has 2 N–H and O–H groups in total. The normalized spacial score (nSPS) is 11.8. The van der Waals surface area contributed by atoms with E-state index < -0.39 is 0 Å². The second-order valence-electron chi connectivity index (χ2n) is 3.33. The Morgan fingerprint density at radius 3 is 3.18 bits per heavy atom. The predicted molar refractivity (Wildman–Crippen MR) is 65.0 cm³/mol. The SMILES string of the molecule is C/C(=N/NC(=O)CCl)c1nc2ncccc2[nH]1. The van der Waals surface area contributed by atoms with Gasteiger partial charge in [-0.15, -0.1) is 11.6 Å². The van der Waals surface area contributed by atoms with Crippen LogP contribution in [0.4, 0.5) is 0 Å². The van der Waals surface area contributed by atoms with E-state index in [9.17, 15) is 4.79 Å². The second-order valence-corrected chi connectivity index (χ2v) is 3.59. The minimum atomic E-state index is -0.361. The molecule has 0 bridgehead atoms. The van der Waals surface area contributed by atoms with Crippen LogP contribution in [0.15, 0.2) is 23.4 Å². The number of hydrogen-bond donors (Lipinski definition) is 2. The lowest BCUT2D eigenvalue weighted by Crippen LogP contribution is -2.20. The summed E-state index contributed by atoms with van der Waals surface area (Å²) in [6.07, 6.45) is 1.66. The lowest BCUT2D eigenvalue weighted by Gasteiger charge is -1.96. The summed E-state index contributed by atoms with van der Waals surface area (Å²) in [4.78, 5) is 22.3. The van der Waals surface area contributed by atoms with Gasteiger partial charge in [-0.2, -0.15) is 5.10 Å². The Bertz CT molecular complexity index is 544. The minimum Gasteiger partial charge on any atom is -0.336 e. The number of alkyl halides is 1. The number of hydrazone groups is 1. The lowest BCUT2D eigenvalue weighted by atomic mass is 10.4. The Morgan fingerprint density at radius 1 is 1.65 bits per heavy atom. The van der Waals surface area contributed by atoms with Crippen molar-refractivity contribution in [2.45, 2.75) is 6.92 Å². The van der Waals surface area contributed by atoms with Crippen LogP contribution >= 0.6 is 11.6 Å². The average molecular weight is 252 g/mol. The first-order valence-corrected chi connectivity index (χ1v) is 5.44. The Labute approximate surface area is 102 Å². The van der Waals surface area contributed by atoms with Crippen LogP contribution in [0.5, 0.6) is 0 Å². The Balaban J connectivity index is 2.24. The van der Waals surface area contributed by atoms with Crippen LogP contribution in [0, 0.1) is 0 Å². The van der Waals surface area contributed by atoms with E-state index in [0.29, 0.717) is 17.2 Å². The van der Waals surface area contributed by atoms with Crippen molar-refractivity contribution >= 4 is 34.4 Å². The highest BCUT2D eigenvalue weighted by atomic mass is 35.5. The van der Waals surface area contributed by atoms with Crippen molar-refractivity contribution in [2.75, 3.05) is 5.88 Å². The molecule has 0 fully saturated rings. The number of aromatic amines is 1. The fourth-order valence-corrected chi connectivity index (χ4v) is 1.31.